The summed E-state index contributed by atoms with van der Waals surface area (Å²) in [5.41, 5.74) is 2.28. The summed E-state index contributed by atoms with van der Waals surface area (Å²) in [6.07, 6.45) is 3.50. The molecule has 31 heavy (non-hydrogen) atoms. The molecule has 0 aliphatic rings. The lowest BCUT2D eigenvalue weighted by Crippen LogP contribution is -2.33. The van der Waals surface area contributed by atoms with E-state index < -0.39 is 19.9 Å². The first-order valence-electron chi connectivity index (χ1n) is 10.1. The molecule has 1 unspecified atom stereocenters. The van der Waals surface area contributed by atoms with Crippen molar-refractivity contribution in [1.29, 1.82) is 0 Å². The van der Waals surface area contributed by atoms with Gasteiger partial charge >= 0.3 is 0 Å². The average Bonchev–Trinajstić information content (AvgIpc) is 2.69. The molecule has 0 aliphatic carbocycles. The van der Waals surface area contributed by atoms with Crippen molar-refractivity contribution >= 4 is 31.5 Å². The number of carbonyl (C=O) groups is 1. The average molecular weight is 467 g/mol. The fourth-order valence-electron chi connectivity index (χ4n) is 3.33. The van der Waals surface area contributed by atoms with Crippen LogP contribution in [0.3, 0.4) is 0 Å². The van der Waals surface area contributed by atoms with Gasteiger partial charge < -0.3 is 5.32 Å². The Kier molecular flexibility index (Phi) is 8.25. The number of hydrogen-bond donors (Lipinski definition) is 1. The molecule has 0 bridgehead atoms. The van der Waals surface area contributed by atoms with Crippen LogP contribution in [0.1, 0.15) is 43.4 Å². The summed E-state index contributed by atoms with van der Waals surface area (Å²) in [6.45, 7) is 3.98. The molecule has 0 aliphatic heterocycles. The van der Waals surface area contributed by atoms with E-state index in [0.29, 0.717) is 18.5 Å². The number of aryl methyl sites for hydroxylation is 1. The number of nitrogens with one attached hydrogen (secondary N) is 1. The number of rotatable bonds is 10. The smallest absolute Gasteiger partial charge is 0.232 e. The largest absolute Gasteiger partial charge is 0.349 e. The molecule has 0 aromatic heterocycles. The number of anilines is 1. The van der Waals surface area contributed by atoms with E-state index in [9.17, 15) is 21.6 Å². The highest BCUT2D eigenvalue weighted by molar-refractivity contribution is 7.92. The fourth-order valence-corrected chi connectivity index (χ4v) is 4.98. The van der Waals surface area contributed by atoms with E-state index >= 15 is 0 Å². The lowest BCUT2D eigenvalue weighted by molar-refractivity contribution is -0.121. The van der Waals surface area contributed by atoms with E-state index in [1.807, 2.05) is 26.0 Å². The first-order chi connectivity index (χ1) is 14.4. The number of hydrogen-bond acceptors (Lipinski definition) is 5. The highest BCUT2D eigenvalue weighted by atomic mass is 32.2. The van der Waals surface area contributed by atoms with Crippen LogP contribution >= 0.6 is 0 Å². The molecule has 170 valence electrons. The van der Waals surface area contributed by atoms with Crippen molar-refractivity contribution < 1.29 is 21.6 Å². The van der Waals surface area contributed by atoms with Gasteiger partial charge in [-0.15, -0.1) is 0 Å². The first-order valence-corrected chi connectivity index (χ1v) is 13.8. The molecule has 1 atom stereocenters. The fraction of sp³-hybridized carbons (Fsp3) is 0.409. The van der Waals surface area contributed by atoms with Crippen molar-refractivity contribution in [2.24, 2.45) is 0 Å². The zero-order chi connectivity index (χ0) is 23.2. The molecule has 2 aromatic carbocycles. The second kappa shape index (κ2) is 10.3. The molecular formula is C22H30N2O5S2. The van der Waals surface area contributed by atoms with E-state index in [4.69, 9.17) is 0 Å². The van der Waals surface area contributed by atoms with Crippen LogP contribution in [0.5, 0.6) is 0 Å². The maximum Gasteiger partial charge on any atom is 0.232 e. The molecule has 0 saturated carbocycles. The van der Waals surface area contributed by atoms with Crippen LogP contribution in [0.25, 0.3) is 0 Å². The first kappa shape index (κ1) is 24.9. The molecule has 0 radical (unpaired) electrons. The second-order valence-corrected chi connectivity index (χ2v) is 11.5. The monoisotopic (exact) mass is 466 g/mol. The standard InChI is InChI=1S/C22H30N2O5S2/c1-5-20(18-12-14-19(15-13-18)30(3,26)27)23-22(25)11-8-16-24(31(4,28)29)21-10-7-6-9-17(21)2/h6-7,9-10,12-15,20H,5,8,11,16H2,1-4H3,(H,23,25). The number of sulfone groups is 1. The third-order valence-electron chi connectivity index (χ3n) is 5.00. The third kappa shape index (κ3) is 7.07. The summed E-state index contributed by atoms with van der Waals surface area (Å²) in [4.78, 5) is 12.7. The maximum absolute atomic E-state index is 12.5. The minimum Gasteiger partial charge on any atom is -0.349 e. The molecule has 7 nitrogen and oxygen atoms in total. The maximum atomic E-state index is 12.5. The van der Waals surface area contributed by atoms with Crippen LogP contribution in [0.2, 0.25) is 0 Å². The minimum absolute atomic E-state index is 0.176. The Morgan fingerprint density at radius 2 is 1.61 bits per heavy atom. The number of para-hydroxylation sites is 1. The molecule has 2 aromatic rings. The van der Waals surface area contributed by atoms with Gasteiger partial charge in [0.05, 0.1) is 22.9 Å². The molecule has 1 amide bonds. The van der Waals surface area contributed by atoms with Gasteiger partial charge in [-0.2, -0.15) is 0 Å². The van der Waals surface area contributed by atoms with Crippen LogP contribution in [-0.4, -0.2) is 41.8 Å². The van der Waals surface area contributed by atoms with Crippen molar-refractivity contribution in [3.8, 4) is 0 Å². The van der Waals surface area contributed by atoms with Crippen molar-refractivity contribution in [1.82, 2.24) is 5.32 Å². The van der Waals surface area contributed by atoms with E-state index in [-0.39, 0.29) is 29.8 Å². The van der Waals surface area contributed by atoms with Gasteiger partial charge in [-0.05, 0) is 49.1 Å². The zero-order valence-corrected chi connectivity index (χ0v) is 20.0. The van der Waals surface area contributed by atoms with Crippen LogP contribution in [0.15, 0.2) is 53.4 Å². The highest BCUT2D eigenvalue weighted by Crippen LogP contribution is 2.23. The molecule has 1 N–H and O–H groups in total. The van der Waals surface area contributed by atoms with Gasteiger partial charge in [0.2, 0.25) is 15.9 Å². The van der Waals surface area contributed by atoms with Crippen LogP contribution in [0, 0.1) is 6.92 Å². The Balaban J connectivity index is 2.00. The van der Waals surface area contributed by atoms with E-state index in [1.165, 1.54) is 16.4 Å². The van der Waals surface area contributed by atoms with Crippen LogP contribution in [-0.2, 0) is 24.7 Å². The summed E-state index contributed by atoms with van der Waals surface area (Å²) in [7, 11) is -6.75. The Bertz CT molecular complexity index is 1110. The number of sulfonamides is 1. The summed E-state index contributed by atoms with van der Waals surface area (Å²) in [5, 5.41) is 2.95. The molecule has 0 spiro atoms. The van der Waals surface area contributed by atoms with Gasteiger partial charge in [-0.1, -0.05) is 37.3 Å². The Labute approximate surface area is 185 Å². The predicted molar refractivity (Wildman–Crippen MR) is 123 cm³/mol. The molecule has 9 heteroatoms. The number of carbonyl (C=O) groups excluding carboxylic acids is 1. The summed E-state index contributed by atoms with van der Waals surface area (Å²) >= 11 is 0. The van der Waals surface area contributed by atoms with Crippen molar-refractivity contribution in [3.63, 3.8) is 0 Å². The van der Waals surface area contributed by atoms with Gasteiger partial charge in [0.1, 0.15) is 0 Å². The lowest BCUT2D eigenvalue weighted by Gasteiger charge is -2.24. The Morgan fingerprint density at radius 3 is 2.13 bits per heavy atom. The third-order valence-corrected chi connectivity index (χ3v) is 7.31. The van der Waals surface area contributed by atoms with Crippen molar-refractivity contribution in [2.45, 2.75) is 44.0 Å². The molecule has 0 heterocycles. The van der Waals surface area contributed by atoms with Gasteiger partial charge in [-0.3, -0.25) is 9.10 Å². The van der Waals surface area contributed by atoms with Gasteiger partial charge in [0.25, 0.3) is 0 Å². The topological polar surface area (TPSA) is 101 Å². The SMILES string of the molecule is CCC(NC(=O)CCCN(c1ccccc1C)S(C)(=O)=O)c1ccc(S(C)(=O)=O)cc1. The minimum atomic E-state index is -3.47. The van der Waals surface area contributed by atoms with E-state index in [1.54, 1.807) is 24.3 Å². The Morgan fingerprint density at radius 1 is 1.00 bits per heavy atom. The number of nitrogens with zero attached hydrogens (tertiary/aromatic N) is 1. The second-order valence-electron chi connectivity index (χ2n) is 7.59. The lowest BCUT2D eigenvalue weighted by atomic mass is 10.0. The highest BCUT2D eigenvalue weighted by Gasteiger charge is 2.20. The van der Waals surface area contributed by atoms with Gasteiger partial charge in [-0.25, -0.2) is 16.8 Å². The Hall–Kier alpha value is -2.39. The van der Waals surface area contributed by atoms with Crippen molar-refractivity contribution in [3.05, 3.63) is 59.7 Å². The zero-order valence-electron chi connectivity index (χ0n) is 18.3. The number of benzene rings is 2. The summed E-state index contributed by atoms with van der Waals surface area (Å²) < 4.78 is 49.1. The molecule has 0 saturated heterocycles. The normalized spacial score (nSPS) is 12.9. The predicted octanol–water partition coefficient (Wildman–Crippen LogP) is 3.21. The summed E-state index contributed by atoms with van der Waals surface area (Å²) in [5.74, 6) is -0.183. The van der Waals surface area contributed by atoms with Crippen LogP contribution in [0.4, 0.5) is 5.69 Å². The molecular weight excluding hydrogens is 436 g/mol. The van der Waals surface area contributed by atoms with Crippen molar-refractivity contribution in [2.75, 3.05) is 23.4 Å². The molecule has 2 rings (SSSR count). The van der Waals surface area contributed by atoms with Gasteiger partial charge in [0, 0.05) is 19.2 Å². The van der Waals surface area contributed by atoms with Crippen LogP contribution < -0.4 is 9.62 Å². The number of amides is 1. The van der Waals surface area contributed by atoms with Gasteiger partial charge in [0.15, 0.2) is 9.84 Å². The molecule has 0 fully saturated rings. The van der Waals surface area contributed by atoms with E-state index in [0.717, 1.165) is 23.6 Å². The quantitative estimate of drug-likeness (QED) is 0.579. The summed E-state index contributed by atoms with van der Waals surface area (Å²) in [6, 6.07) is 13.5. The van der Waals surface area contributed by atoms with E-state index in [2.05, 4.69) is 5.32 Å².